The summed E-state index contributed by atoms with van der Waals surface area (Å²) < 4.78 is 4.87. The minimum atomic E-state index is 0.0372. The molecule has 0 fully saturated rings. The molecule has 426 valence electrons. The van der Waals surface area contributed by atoms with Crippen molar-refractivity contribution >= 4 is 131 Å². The predicted molar refractivity (Wildman–Crippen MR) is 386 cm³/mol. The van der Waals surface area contributed by atoms with E-state index >= 15 is 0 Å². The first-order valence-electron chi connectivity index (χ1n) is 31.3. The van der Waals surface area contributed by atoms with Gasteiger partial charge in [0.1, 0.15) is 0 Å². The first-order chi connectivity index (χ1) is 43.2. The van der Waals surface area contributed by atoms with Crippen molar-refractivity contribution < 1.29 is 0 Å². The monoisotopic (exact) mass is 1140 g/mol. The third-order valence-electron chi connectivity index (χ3n) is 19.2. The van der Waals surface area contributed by atoms with Crippen LogP contribution in [-0.4, -0.2) is 9.13 Å². The molecule has 2 heteroatoms. The molecule has 14 aromatic carbocycles. The van der Waals surface area contributed by atoms with Gasteiger partial charge in [-0.25, -0.2) is 0 Å². The van der Waals surface area contributed by atoms with Crippen molar-refractivity contribution in [3.8, 4) is 11.4 Å². The lowest BCUT2D eigenvalue weighted by Gasteiger charge is -2.21. The van der Waals surface area contributed by atoms with E-state index in [9.17, 15) is 0 Å². The van der Waals surface area contributed by atoms with Gasteiger partial charge in [0.2, 0.25) is 0 Å². The second-order valence-electron chi connectivity index (χ2n) is 26.5. The van der Waals surface area contributed by atoms with Gasteiger partial charge in [0, 0.05) is 32.9 Å². The molecule has 0 aliphatic rings. The van der Waals surface area contributed by atoms with E-state index in [1.165, 1.54) is 119 Å². The molecule has 2 nitrogen and oxygen atoms in total. The molecule has 0 unspecified atom stereocenters. The molecule has 0 saturated heterocycles. The summed E-state index contributed by atoms with van der Waals surface area (Å²) in [7, 11) is 0. The lowest BCUT2D eigenvalue weighted by molar-refractivity contribution is 0.590. The fraction of sp³-hybridized carbons (Fsp3) is 0.103. The van der Waals surface area contributed by atoms with Gasteiger partial charge in [-0.05, 0) is 217 Å². The molecule has 0 saturated carbocycles. The van der Waals surface area contributed by atoms with Crippen LogP contribution < -0.4 is 0 Å². The van der Waals surface area contributed by atoms with Crippen molar-refractivity contribution in [3.63, 3.8) is 0 Å². The highest BCUT2D eigenvalue weighted by Gasteiger charge is 2.24. The van der Waals surface area contributed by atoms with Crippen LogP contribution >= 0.6 is 0 Å². The third kappa shape index (κ3) is 8.83. The Balaban J connectivity index is 1.01. The first kappa shape index (κ1) is 53.9. The molecule has 16 rings (SSSR count). The van der Waals surface area contributed by atoms with Crippen LogP contribution in [0.1, 0.15) is 81.8 Å². The highest BCUT2D eigenvalue weighted by molar-refractivity contribution is 6.26. The van der Waals surface area contributed by atoms with Gasteiger partial charge in [-0.2, -0.15) is 0 Å². The molecule has 0 aliphatic heterocycles. The third-order valence-corrected chi connectivity index (χ3v) is 19.2. The van der Waals surface area contributed by atoms with Gasteiger partial charge in [-0.1, -0.05) is 242 Å². The van der Waals surface area contributed by atoms with Gasteiger partial charge >= 0.3 is 0 Å². The van der Waals surface area contributed by atoms with E-state index in [-0.39, 0.29) is 10.8 Å². The fourth-order valence-electron chi connectivity index (χ4n) is 14.5. The summed E-state index contributed by atoms with van der Waals surface area (Å²) in [5, 5.41) is 19.5. The van der Waals surface area contributed by atoms with E-state index in [0.717, 1.165) is 55.8 Å². The number of aromatic nitrogens is 2. The molecule has 2 heterocycles. The molecule has 0 spiro atoms. The van der Waals surface area contributed by atoms with Crippen LogP contribution in [0.5, 0.6) is 0 Å². The van der Waals surface area contributed by atoms with Crippen molar-refractivity contribution in [3.05, 3.63) is 313 Å². The van der Waals surface area contributed by atoms with Gasteiger partial charge in [-0.15, -0.1) is 0 Å². The molecule has 0 bridgehead atoms. The molecule has 0 radical (unpaired) electrons. The summed E-state index contributed by atoms with van der Waals surface area (Å²) in [6.07, 6.45) is 2.51. The van der Waals surface area contributed by atoms with Crippen LogP contribution in [0.3, 0.4) is 0 Å². The molecule has 0 N–H and O–H groups in total. The second kappa shape index (κ2) is 20.5. The minimum absolute atomic E-state index is 0.0372. The van der Waals surface area contributed by atoms with Gasteiger partial charge in [0.05, 0.1) is 22.1 Å². The number of hydrogen-bond acceptors (Lipinski definition) is 0. The maximum absolute atomic E-state index is 5.29. The van der Waals surface area contributed by atoms with Crippen molar-refractivity contribution in [1.82, 2.24) is 9.13 Å². The number of para-hydroxylation sites is 2. The Hall–Kier alpha value is -10.5. The highest BCUT2D eigenvalue weighted by Crippen LogP contribution is 2.47. The minimum Gasteiger partial charge on any atom is -0.309 e. The molecule has 0 amide bonds. The molecule has 89 heavy (non-hydrogen) atoms. The Bertz CT molecular complexity index is 5680. The smallest absolute Gasteiger partial charge is 0.0541 e. The highest BCUT2D eigenvalue weighted by atomic mass is 15.0. The summed E-state index contributed by atoms with van der Waals surface area (Å²) >= 11 is 0. The van der Waals surface area contributed by atoms with Crippen molar-refractivity contribution in [1.29, 1.82) is 0 Å². The van der Waals surface area contributed by atoms with E-state index in [4.69, 9.17) is 6.58 Å². The van der Waals surface area contributed by atoms with Crippen LogP contribution in [0.15, 0.2) is 280 Å². The molecule has 0 aliphatic carbocycles. The van der Waals surface area contributed by atoms with Gasteiger partial charge in [0.25, 0.3) is 0 Å². The van der Waals surface area contributed by atoms with Crippen LogP contribution in [-0.2, 0) is 10.8 Å². The Morgan fingerprint density at radius 3 is 1.17 bits per heavy atom. The zero-order chi connectivity index (χ0) is 60.4. The van der Waals surface area contributed by atoms with Crippen molar-refractivity contribution in [2.75, 3.05) is 0 Å². The quantitative estimate of drug-likeness (QED) is 0.0815. The van der Waals surface area contributed by atoms with Crippen LogP contribution in [0.25, 0.3) is 142 Å². The molecule has 0 atom stereocenters. The maximum Gasteiger partial charge on any atom is 0.0541 e. The van der Waals surface area contributed by atoms with E-state index < -0.39 is 0 Å². The number of benzene rings is 14. The van der Waals surface area contributed by atoms with E-state index in [2.05, 4.69) is 331 Å². The Labute approximate surface area is 520 Å². The van der Waals surface area contributed by atoms with Crippen molar-refractivity contribution in [2.45, 2.75) is 59.3 Å². The molecular weight excluding hydrogens is 1070 g/mol. The molecular formula is C87H68N2. The van der Waals surface area contributed by atoms with Crippen LogP contribution in [0.2, 0.25) is 0 Å². The topological polar surface area (TPSA) is 9.86 Å². The lowest BCUT2D eigenvalue weighted by Crippen LogP contribution is -2.10. The van der Waals surface area contributed by atoms with Gasteiger partial charge in [0.15, 0.2) is 0 Å². The zero-order valence-corrected chi connectivity index (χ0v) is 51.6. The second-order valence-corrected chi connectivity index (χ2v) is 26.5. The largest absolute Gasteiger partial charge is 0.309 e. The molecule has 16 aromatic rings. The zero-order valence-electron chi connectivity index (χ0n) is 51.6. The standard InChI is InChI=1S/C87H68N2/c1-54(58-35-47-84-80(49-58)72-29-17-19-31-82(72)88(84)62-41-37-60(38-42-62)86(3,4)5)75(79-53-78-65-24-12-10-22-57(65)34-46-71(78)67-26-14-16-28-69(67)79)51-74(55(2)76-52-77-64-23-11-9-21-56(64)33-45-70(77)66-25-13-15-27-68(66)76)59-36-48-85-81(50-59)73-30-18-20-32-83(73)89(85)63-43-39-61(40-44-63)87(6,7)8/h9-53H,1H2,2-8H3/b74-55-,75-51+. The van der Waals surface area contributed by atoms with Crippen LogP contribution in [0, 0.1) is 0 Å². The lowest BCUT2D eigenvalue weighted by atomic mass is 9.83. The summed E-state index contributed by atoms with van der Waals surface area (Å²) in [6, 6.07) is 100. The van der Waals surface area contributed by atoms with E-state index in [0.29, 0.717) is 0 Å². The fourth-order valence-corrected chi connectivity index (χ4v) is 14.5. The van der Waals surface area contributed by atoms with Gasteiger partial charge in [-0.3, -0.25) is 0 Å². The van der Waals surface area contributed by atoms with E-state index in [1.54, 1.807) is 0 Å². The Morgan fingerprint density at radius 1 is 0.315 bits per heavy atom. The predicted octanol–water partition coefficient (Wildman–Crippen LogP) is 24.1. The maximum atomic E-state index is 5.29. The normalized spacial score (nSPS) is 13.0. The number of nitrogens with zero attached hydrogens (tertiary/aromatic N) is 2. The van der Waals surface area contributed by atoms with Gasteiger partial charge < -0.3 is 9.13 Å². The summed E-state index contributed by atoms with van der Waals surface area (Å²) in [5.74, 6) is 0. The van der Waals surface area contributed by atoms with Crippen molar-refractivity contribution in [2.24, 2.45) is 0 Å². The number of allylic oxidation sites excluding steroid dienone is 5. The Morgan fingerprint density at radius 2 is 0.685 bits per heavy atom. The number of rotatable bonds is 8. The average molecular weight is 1140 g/mol. The Kier molecular flexibility index (Phi) is 12.4. The summed E-state index contributed by atoms with van der Waals surface area (Å²) in [4.78, 5) is 0. The molecule has 2 aromatic heterocycles. The first-order valence-corrected chi connectivity index (χ1v) is 31.3. The van der Waals surface area contributed by atoms with Crippen LogP contribution in [0.4, 0.5) is 0 Å². The SMILES string of the molecule is C=C(/C(=C\C(=C(/C)c1cc2c3ccccc3ccc2c2ccccc12)c1ccc2c(c1)c1ccccc1n2-c1ccc(C(C)(C)C)cc1)c1cc2c3ccccc3ccc2c2ccccc12)c1ccc2c(c1)c1ccccc1n2-c1ccc(C(C)(C)C)cc1. The number of fused-ring (bicyclic) bond motifs is 16. The summed E-state index contributed by atoms with van der Waals surface area (Å²) in [5.41, 5.74) is 18.5. The number of hydrogen-bond donors (Lipinski definition) is 0. The van der Waals surface area contributed by atoms with E-state index in [1.807, 2.05) is 0 Å². The average Bonchev–Trinajstić information content (AvgIpc) is 1.76. The summed E-state index contributed by atoms with van der Waals surface area (Å²) in [6.45, 7) is 21.3.